The first-order valence-electron chi connectivity index (χ1n) is 9.67. The van der Waals surface area contributed by atoms with Crippen LogP contribution in [0.25, 0.3) is 22.2 Å². The third-order valence-electron chi connectivity index (χ3n) is 5.15. The van der Waals surface area contributed by atoms with Crippen molar-refractivity contribution in [1.29, 1.82) is 0 Å². The minimum atomic E-state index is 0.448. The fraction of sp³-hybridized carbons (Fsp3) is 0.391. The van der Waals surface area contributed by atoms with Crippen molar-refractivity contribution in [3.8, 4) is 22.8 Å². The molecule has 0 spiro atoms. The monoisotopic (exact) mass is 366 g/mol. The van der Waals surface area contributed by atoms with Gasteiger partial charge in [0.2, 0.25) is 0 Å². The van der Waals surface area contributed by atoms with Crippen molar-refractivity contribution in [1.82, 2.24) is 4.98 Å². The Labute approximate surface area is 161 Å². The molecule has 2 aromatic carbocycles. The van der Waals surface area contributed by atoms with Crippen LogP contribution in [-0.2, 0) is 6.42 Å². The van der Waals surface area contributed by atoms with Gasteiger partial charge in [0, 0.05) is 16.5 Å². The molecule has 27 heavy (non-hydrogen) atoms. The number of methoxy groups -OCH3 is 2. The summed E-state index contributed by atoms with van der Waals surface area (Å²) in [5.41, 5.74) is 11.8. The molecule has 0 aliphatic rings. The number of nitrogens with two attached hydrogens (primary N) is 1. The summed E-state index contributed by atoms with van der Waals surface area (Å²) < 4.78 is 11.2. The first-order chi connectivity index (χ1) is 13.1. The number of fused-ring (bicyclic) bond motifs is 1. The number of aromatic amines is 1. The molecule has 1 aromatic heterocycles. The number of ether oxygens (including phenoxy) is 2. The zero-order valence-electron chi connectivity index (χ0n) is 16.8. The second kappa shape index (κ2) is 8.49. The summed E-state index contributed by atoms with van der Waals surface area (Å²) in [5, 5.41) is 1.29. The van der Waals surface area contributed by atoms with Gasteiger partial charge in [0.25, 0.3) is 0 Å². The zero-order chi connectivity index (χ0) is 19.4. The summed E-state index contributed by atoms with van der Waals surface area (Å²) in [7, 11) is 3.36. The highest BCUT2D eigenvalue weighted by atomic mass is 16.5. The number of H-pyrrole nitrogens is 1. The zero-order valence-corrected chi connectivity index (χ0v) is 16.8. The Balaban J connectivity index is 2.25. The number of aryl methyl sites for hydroxylation is 1. The molecule has 0 bridgehead atoms. The van der Waals surface area contributed by atoms with E-state index in [2.05, 4.69) is 43.1 Å². The van der Waals surface area contributed by atoms with E-state index in [1.54, 1.807) is 14.2 Å². The average molecular weight is 367 g/mol. The van der Waals surface area contributed by atoms with Crippen LogP contribution in [0.15, 0.2) is 36.4 Å². The van der Waals surface area contributed by atoms with Gasteiger partial charge in [0.1, 0.15) is 0 Å². The lowest BCUT2D eigenvalue weighted by atomic mass is 9.96. The number of rotatable bonds is 8. The molecule has 3 aromatic rings. The molecule has 4 nitrogen and oxygen atoms in total. The van der Waals surface area contributed by atoms with E-state index in [-0.39, 0.29) is 0 Å². The first-order valence-corrected chi connectivity index (χ1v) is 9.67. The number of para-hydroxylation sites is 2. The minimum absolute atomic E-state index is 0.448. The molecule has 0 aliphatic carbocycles. The first kappa shape index (κ1) is 19.3. The van der Waals surface area contributed by atoms with Crippen molar-refractivity contribution in [2.24, 2.45) is 5.73 Å². The number of hydrogen-bond acceptors (Lipinski definition) is 3. The standard InChI is InChI=1S/C23H30N2O2/c1-15(2)16-10-7-11-18-17(9-5-6-14-24)22(25-21(16)18)19-12-8-13-20(26-3)23(19)27-4/h7-8,10-13,15,25H,5-6,9,14,24H2,1-4H3. The molecular weight excluding hydrogens is 336 g/mol. The molecule has 0 saturated carbocycles. The summed E-state index contributed by atoms with van der Waals surface area (Å²) in [4.78, 5) is 3.72. The number of hydrogen-bond donors (Lipinski definition) is 2. The van der Waals surface area contributed by atoms with Crippen LogP contribution in [0, 0.1) is 0 Å². The number of nitrogens with one attached hydrogen (secondary N) is 1. The van der Waals surface area contributed by atoms with E-state index >= 15 is 0 Å². The fourth-order valence-electron chi connectivity index (χ4n) is 3.80. The van der Waals surface area contributed by atoms with E-state index < -0.39 is 0 Å². The van der Waals surface area contributed by atoms with E-state index in [4.69, 9.17) is 15.2 Å². The average Bonchev–Trinajstić information content (AvgIpc) is 3.05. The van der Waals surface area contributed by atoms with Crippen molar-refractivity contribution in [3.05, 3.63) is 47.5 Å². The summed E-state index contributed by atoms with van der Waals surface area (Å²) in [6.45, 7) is 5.18. The molecule has 0 atom stereocenters. The highest BCUT2D eigenvalue weighted by molar-refractivity contribution is 5.94. The lowest BCUT2D eigenvalue weighted by Crippen LogP contribution is -2.00. The van der Waals surface area contributed by atoms with Crippen molar-refractivity contribution in [3.63, 3.8) is 0 Å². The summed E-state index contributed by atoms with van der Waals surface area (Å²) in [6.07, 6.45) is 3.06. The van der Waals surface area contributed by atoms with Crippen LogP contribution in [0.2, 0.25) is 0 Å². The molecule has 0 aliphatic heterocycles. The molecule has 1 heterocycles. The van der Waals surface area contributed by atoms with E-state index in [9.17, 15) is 0 Å². The topological polar surface area (TPSA) is 60.3 Å². The third-order valence-corrected chi connectivity index (χ3v) is 5.15. The van der Waals surface area contributed by atoms with Crippen LogP contribution in [0.5, 0.6) is 11.5 Å². The van der Waals surface area contributed by atoms with Gasteiger partial charge in [-0.3, -0.25) is 0 Å². The van der Waals surface area contributed by atoms with Crippen LogP contribution in [0.1, 0.15) is 43.7 Å². The van der Waals surface area contributed by atoms with E-state index in [1.165, 1.54) is 22.0 Å². The van der Waals surface area contributed by atoms with Gasteiger partial charge in [-0.05, 0) is 55.0 Å². The molecule has 0 amide bonds. The minimum Gasteiger partial charge on any atom is -0.493 e. The Morgan fingerprint density at radius 1 is 1.00 bits per heavy atom. The smallest absolute Gasteiger partial charge is 0.170 e. The molecule has 144 valence electrons. The van der Waals surface area contributed by atoms with Gasteiger partial charge in [0.05, 0.1) is 19.9 Å². The maximum atomic E-state index is 5.73. The van der Waals surface area contributed by atoms with Crippen molar-refractivity contribution in [2.75, 3.05) is 20.8 Å². The lowest BCUT2D eigenvalue weighted by molar-refractivity contribution is 0.356. The predicted molar refractivity (Wildman–Crippen MR) is 113 cm³/mol. The highest BCUT2D eigenvalue weighted by Gasteiger charge is 2.20. The second-order valence-electron chi connectivity index (χ2n) is 7.19. The van der Waals surface area contributed by atoms with Gasteiger partial charge in [-0.1, -0.05) is 38.1 Å². The molecule has 4 heteroatoms. The molecule has 0 saturated heterocycles. The molecule has 3 rings (SSSR count). The Hall–Kier alpha value is -2.46. The van der Waals surface area contributed by atoms with Gasteiger partial charge in [-0.25, -0.2) is 0 Å². The Kier molecular flexibility index (Phi) is 6.07. The molecular formula is C23H30N2O2. The van der Waals surface area contributed by atoms with Crippen LogP contribution in [0.3, 0.4) is 0 Å². The summed E-state index contributed by atoms with van der Waals surface area (Å²) >= 11 is 0. The van der Waals surface area contributed by atoms with Crippen molar-refractivity contribution < 1.29 is 9.47 Å². The van der Waals surface area contributed by atoms with Gasteiger partial charge < -0.3 is 20.2 Å². The third kappa shape index (κ3) is 3.67. The van der Waals surface area contributed by atoms with E-state index in [1.807, 2.05) is 12.1 Å². The molecule has 0 unspecified atom stereocenters. The normalized spacial score (nSPS) is 11.3. The summed E-state index contributed by atoms with van der Waals surface area (Å²) in [5.74, 6) is 1.95. The largest absolute Gasteiger partial charge is 0.493 e. The van der Waals surface area contributed by atoms with Gasteiger partial charge in [0.15, 0.2) is 11.5 Å². The van der Waals surface area contributed by atoms with Crippen molar-refractivity contribution in [2.45, 2.75) is 39.0 Å². The van der Waals surface area contributed by atoms with Crippen LogP contribution in [0.4, 0.5) is 0 Å². The van der Waals surface area contributed by atoms with Crippen LogP contribution in [-0.4, -0.2) is 25.7 Å². The van der Waals surface area contributed by atoms with E-state index in [0.717, 1.165) is 48.6 Å². The lowest BCUT2D eigenvalue weighted by Gasteiger charge is -2.13. The van der Waals surface area contributed by atoms with Gasteiger partial charge in [-0.2, -0.15) is 0 Å². The Morgan fingerprint density at radius 2 is 1.78 bits per heavy atom. The Morgan fingerprint density at radius 3 is 2.44 bits per heavy atom. The van der Waals surface area contributed by atoms with Crippen LogP contribution < -0.4 is 15.2 Å². The maximum absolute atomic E-state index is 5.73. The predicted octanol–water partition coefficient (Wildman–Crippen LogP) is 5.26. The SMILES string of the molecule is COc1cccc(-c2[nH]c3c(C(C)C)cccc3c2CCCCN)c1OC. The quantitative estimate of drug-likeness (QED) is 0.535. The number of benzene rings is 2. The fourth-order valence-corrected chi connectivity index (χ4v) is 3.80. The highest BCUT2D eigenvalue weighted by Crippen LogP contribution is 2.42. The van der Waals surface area contributed by atoms with Gasteiger partial charge >= 0.3 is 0 Å². The van der Waals surface area contributed by atoms with Gasteiger partial charge in [-0.15, -0.1) is 0 Å². The number of unbranched alkanes of at least 4 members (excludes halogenated alkanes) is 1. The number of aromatic nitrogens is 1. The molecule has 0 radical (unpaired) electrons. The Bertz CT molecular complexity index is 912. The summed E-state index contributed by atoms with van der Waals surface area (Å²) in [6, 6.07) is 12.6. The van der Waals surface area contributed by atoms with E-state index in [0.29, 0.717) is 5.92 Å². The van der Waals surface area contributed by atoms with Crippen LogP contribution >= 0.6 is 0 Å². The van der Waals surface area contributed by atoms with Crippen molar-refractivity contribution >= 4 is 10.9 Å². The maximum Gasteiger partial charge on any atom is 0.170 e. The molecule has 0 fully saturated rings. The second-order valence-corrected chi connectivity index (χ2v) is 7.19. The molecule has 3 N–H and O–H groups in total.